The number of rotatable bonds is 2. The third-order valence-corrected chi connectivity index (χ3v) is 3.41. The second-order valence-corrected chi connectivity index (χ2v) is 5.17. The fourth-order valence-electron chi connectivity index (χ4n) is 2.10. The molecule has 3 rings (SSSR count). The van der Waals surface area contributed by atoms with Gasteiger partial charge in [0, 0.05) is 17.2 Å². The van der Waals surface area contributed by atoms with E-state index in [0.717, 1.165) is 22.6 Å². The van der Waals surface area contributed by atoms with E-state index in [0.29, 0.717) is 10.6 Å². The standard InChI is InChI=1S/C14H13FN2S/c1-8-6-10(15)4-5-11(8)12-7-13(18)17-14(16-12)9-2-3-9/h4-7,9H,2-3H2,1H3,(H,16,17,18). The SMILES string of the molecule is Cc1cc(F)ccc1-c1cc(=S)nc(C2CC2)[nH]1. The van der Waals surface area contributed by atoms with Gasteiger partial charge in [-0.25, -0.2) is 9.37 Å². The van der Waals surface area contributed by atoms with Crippen LogP contribution in [0.5, 0.6) is 0 Å². The molecule has 1 N–H and O–H groups in total. The first-order chi connectivity index (χ1) is 8.63. The Bertz CT molecular complexity index is 659. The number of hydrogen-bond acceptors (Lipinski definition) is 2. The number of H-pyrrole nitrogens is 1. The smallest absolute Gasteiger partial charge is 0.130 e. The van der Waals surface area contributed by atoms with E-state index in [2.05, 4.69) is 9.97 Å². The van der Waals surface area contributed by atoms with Gasteiger partial charge in [-0.3, -0.25) is 0 Å². The van der Waals surface area contributed by atoms with Gasteiger partial charge in [0.05, 0.1) is 0 Å². The molecule has 0 saturated heterocycles. The van der Waals surface area contributed by atoms with Crippen LogP contribution < -0.4 is 0 Å². The van der Waals surface area contributed by atoms with E-state index in [1.165, 1.54) is 25.0 Å². The van der Waals surface area contributed by atoms with E-state index in [-0.39, 0.29) is 5.82 Å². The molecule has 18 heavy (non-hydrogen) atoms. The van der Waals surface area contributed by atoms with Crippen molar-refractivity contribution in [3.05, 3.63) is 46.1 Å². The highest BCUT2D eigenvalue weighted by atomic mass is 32.1. The summed E-state index contributed by atoms with van der Waals surface area (Å²) in [6.07, 6.45) is 2.34. The number of hydrogen-bond donors (Lipinski definition) is 1. The normalized spacial score (nSPS) is 14.8. The first kappa shape index (κ1) is 11.5. The number of aryl methyl sites for hydroxylation is 1. The third kappa shape index (κ3) is 2.20. The summed E-state index contributed by atoms with van der Waals surface area (Å²) in [5.41, 5.74) is 2.80. The van der Waals surface area contributed by atoms with Gasteiger partial charge in [-0.05, 0) is 49.6 Å². The number of aromatic amines is 1. The Hall–Kier alpha value is -1.55. The minimum Gasteiger partial charge on any atom is -0.343 e. The third-order valence-electron chi connectivity index (χ3n) is 3.20. The first-order valence-electron chi connectivity index (χ1n) is 6.01. The highest BCUT2D eigenvalue weighted by Crippen LogP contribution is 2.38. The van der Waals surface area contributed by atoms with E-state index in [9.17, 15) is 4.39 Å². The van der Waals surface area contributed by atoms with Crippen molar-refractivity contribution in [2.24, 2.45) is 0 Å². The van der Waals surface area contributed by atoms with Gasteiger partial charge in [-0.2, -0.15) is 0 Å². The molecule has 1 heterocycles. The van der Waals surface area contributed by atoms with Gasteiger partial charge < -0.3 is 4.98 Å². The maximum atomic E-state index is 13.1. The van der Waals surface area contributed by atoms with Crippen LogP contribution in [-0.4, -0.2) is 9.97 Å². The average Bonchev–Trinajstić information content (AvgIpc) is 3.11. The highest BCUT2D eigenvalue weighted by Gasteiger charge is 2.26. The molecule has 1 fully saturated rings. The van der Waals surface area contributed by atoms with Crippen LogP contribution in [-0.2, 0) is 0 Å². The second kappa shape index (κ2) is 4.28. The van der Waals surface area contributed by atoms with E-state index in [1.54, 1.807) is 6.07 Å². The molecule has 1 aromatic carbocycles. The fraction of sp³-hybridized carbons (Fsp3) is 0.286. The van der Waals surface area contributed by atoms with Crippen LogP contribution in [0.2, 0.25) is 0 Å². The number of aromatic nitrogens is 2. The summed E-state index contributed by atoms with van der Waals surface area (Å²) in [6.45, 7) is 1.90. The van der Waals surface area contributed by atoms with Gasteiger partial charge in [0.15, 0.2) is 0 Å². The van der Waals surface area contributed by atoms with E-state index in [1.807, 2.05) is 13.0 Å². The van der Waals surface area contributed by atoms with Crippen LogP contribution in [0.3, 0.4) is 0 Å². The molecule has 2 aromatic rings. The second-order valence-electron chi connectivity index (χ2n) is 4.75. The van der Waals surface area contributed by atoms with Crippen molar-refractivity contribution in [3.8, 4) is 11.3 Å². The van der Waals surface area contributed by atoms with Crippen molar-refractivity contribution in [1.82, 2.24) is 9.97 Å². The van der Waals surface area contributed by atoms with Crippen LogP contribution in [0.4, 0.5) is 4.39 Å². The van der Waals surface area contributed by atoms with Crippen molar-refractivity contribution in [1.29, 1.82) is 0 Å². The molecule has 92 valence electrons. The van der Waals surface area contributed by atoms with Crippen molar-refractivity contribution in [2.75, 3.05) is 0 Å². The Morgan fingerprint density at radius 1 is 1.33 bits per heavy atom. The predicted octanol–water partition coefficient (Wildman–Crippen LogP) is 4.13. The molecule has 0 bridgehead atoms. The monoisotopic (exact) mass is 260 g/mol. The van der Waals surface area contributed by atoms with Gasteiger partial charge in [0.2, 0.25) is 0 Å². The van der Waals surface area contributed by atoms with Gasteiger partial charge in [0.1, 0.15) is 16.3 Å². The number of nitrogens with zero attached hydrogens (tertiary/aromatic N) is 1. The minimum absolute atomic E-state index is 0.216. The van der Waals surface area contributed by atoms with Crippen molar-refractivity contribution in [3.63, 3.8) is 0 Å². The molecule has 0 unspecified atom stereocenters. The summed E-state index contributed by atoms with van der Waals surface area (Å²) in [5, 5.41) is 0. The molecule has 0 amide bonds. The molecule has 0 atom stereocenters. The zero-order chi connectivity index (χ0) is 12.7. The molecule has 1 aliphatic carbocycles. The molecule has 0 radical (unpaired) electrons. The van der Waals surface area contributed by atoms with Crippen LogP contribution in [0.15, 0.2) is 24.3 Å². The Balaban J connectivity index is 2.13. The Morgan fingerprint density at radius 2 is 2.11 bits per heavy atom. The molecule has 1 aromatic heterocycles. The van der Waals surface area contributed by atoms with Gasteiger partial charge in [-0.1, -0.05) is 12.2 Å². The maximum absolute atomic E-state index is 13.1. The van der Waals surface area contributed by atoms with Crippen LogP contribution in [0.25, 0.3) is 11.3 Å². The van der Waals surface area contributed by atoms with E-state index < -0.39 is 0 Å². The molecule has 1 saturated carbocycles. The summed E-state index contributed by atoms with van der Waals surface area (Å²) in [7, 11) is 0. The molecule has 4 heteroatoms. The first-order valence-corrected chi connectivity index (χ1v) is 6.42. The van der Waals surface area contributed by atoms with Gasteiger partial charge >= 0.3 is 0 Å². The molecule has 0 spiro atoms. The fourth-order valence-corrected chi connectivity index (χ4v) is 2.32. The van der Waals surface area contributed by atoms with Crippen LogP contribution >= 0.6 is 12.2 Å². The van der Waals surface area contributed by atoms with Crippen LogP contribution in [0, 0.1) is 17.4 Å². The maximum Gasteiger partial charge on any atom is 0.130 e. The lowest BCUT2D eigenvalue weighted by Crippen LogP contribution is -1.96. The topological polar surface area (TPSA) is 28.7 Å². The lowest BCUT2D eigenvalue weighted by atomic mass is 10.1. The molecule has 1 aliphatic rings. The number of nitrogens with one attached hydrogen (secondary N) is 1. The summed E-state index contributed by atoms with van der Waals surface area (Å²) in [6, 6.07) is 6.61. The van der Waals surface area contributed by atoms with Crippen molar-refractivity contribution in [2.45, 2.75) is 25.7 Å². The molecular formula is C14H13FN2S. The largest absolute Gasteiger partial charge is 0.343 e. The summed E-state index contributed by atoms with van der Waals surface area (Å²) in [5.74, 6) is 1.26. The van der Waals surface area contributed by atoms with Crippen LogP contribution in [0.1, 0.15) is 30.1 Å². The lowest BCUT2D eigenvalue weighted by Gasteiger charge is -2.08. The average molecular weight is 260 g/mol. The lowest BCUT2D eigenvalue weighted by molar-refractivity contribution is 0.627. The quantitative estimate of drug-likeness (QED) is 0.822. The van der Waals surface area contributed by atoms with E-state index >= 15 is 0 Å². The minimum atomic E-state index is -0.216. The zero-order valence-electron chi connectivity index (χ0n) is 10.0. The molecule has 0 aliphatic heterocycles. The highest BCUT2D eigenvalue weighted by molar-refractivity contribution is 7.71. The molecular weight excluding hydrogens is 247 g/mol. The summed E-state index contributed by atoms with van der Waals surface area (Å²) < 4.78 is 13.7. The van der Waals surface area contributed by atoms with E-state index in [4.69, 9.17) is 12.2 Å². The van der Waals surface area contributed by atoms with Gasteiger partial charge in [-0.15, -0.1) is 0 Å². The predicted molar refractivity (Wildman–Crippen MR) is 71.5 cm³/mol. The van der Waals surface area contributed by atoms with Gasteiger partial charge in [0.25, 0.3) is 0 Å². The van der Waals surface area contributed by atoms with Crippen molar-refractivity contribution >= 4 is 12.2 Å². The summed E-state index contributed by atoms with van der Waals surface area (Å²) in [4.78, 5) is 7.68. The number of halogens is 1. The Morgan fingerprint density at radius 3 is 2.78 bits per heavy atom. The number of benzene rings is 1. The Kier molecular flexibility index (Phi) is 2.74. The van der Waals surface area contributed by atoms with Crippen molar-refractivity contribution < 1.29 is 4.39 Å². The Labute approximate surface area is 110 Å². The molecule has 2 nitrogen and oxygen atoms in total. The summed E-state index contributed by atoms with van der Waals surface area (Å²) >= 11 is 5.20. The zero-order valence-corrected chi connectivity index (χ0v) is 10.9.